The number of carbonyl (C=O) groups excluding carboxylic acids is 1. The molecule has 1 unspecified atom stereocenters. The highest BCUT2D eigenvalue weighted by atomic mass is 32.1. The standard InChI is InChI=1S/C13H16N2OS2/c1-3-9-4-5-10(18-9)6-12(16)11-7-17-13(15-11)8(2)14/h4-5,7-8H,3,6,14H2,1-2H3. The van der Waals surface area contributed by atoms with Gasteiger partial charge in [0.05, 0.1) is 6.04 Å². The van der Waals surface area contributed by atoms with Gasteiger partial charge in [0.1, 0.15) is 10.7 Å². The maximum absolute atomic E-state index is 12.1. The monoisotopic (exact) mass is 280 g/mol. The zero-order valence-corrected chi connectivity index (χ0v) is 12.1. The van der Waals surface area contributed by atoms with Crippen molar-refractivity contribution in [2.75, 3.05) is 0 Å². The molecule has 5 heteroatoms. The molecular formula is C13H16N2OS2. The fraction of sp³-hybridized carbons (Fsp3) is 0.385. The SMILES string of the molecule is CCc1ccc(CC(=O)c2csc(C(C)N)n2)s1. The Morgan fingerprint density at radius 2 is 2.17 bits per heavy atom. The molecule has 0 aliphatic rings. The van der Waals surface area contributed by atoms with Gasteiger partial charge >= 0.3 is 0 Å². The van der Waals surface area contributed by atoms with Gasteiger partial charge < -0.3 is 5.73 Å². The van der Waals surface area contributed by atoms with Crippen LogP contribution in [-0.2, 0) is 12.8 Å². The fourth-order valence-corrected chi connectivity index (χ4v) is 3.32. The van der Waals surface area contributed by atoms with Gasteiger partial charge in [-0.05, 0) is 25.5 Å². The summed E-state index contributed by atoms with van der Waals surface area (Å²) in [6, 6.07) is 4.01. The number of nitrogens with zero attached hydrogens (tertiary/aromatic N) is 1. The quantitative estimate of drug-likeness (QED) is 0.856. The number of ketones is 1. The lowest BCUT2D eigenvalue weighted by Gasteiger charge is -1.97. The second-order valence-electron chi connectivity index (χ2n) is 4.18. The van der Waals surface area contributed by atoms with E-state index in [1.165, 1.54) is 16.2 Å². The van der Waals surface area contributed by atoms with Crippen LogP contribution >= 0.6 is 22.7 Å². The van der Waals surface area contributed by atoms with E-state index in [1.54, 1.807) is 16.7 Å². The van der Waals surface area contributed by atoms with Crippen molar-refractivity contribution >= 4 is 28.5 Å². The highest BCUT2D eigenvalue weighted by molar-refractivity contribution is 7.12. The van der Waals surface area contributed by atoms with Crippen LogP contribution in [0.2, 0.25) is 0 Å². The topological polar surface area (TPSA) is 56.0 Å². The van der Waals surface area contributed by atoms with Crippen LogP contribution in [0.4, 0.5) is 0 Å². The summed E-state index contributed by atoms with van der Waals surface area (Å²) in [7, 11) is 0. The van der Waals surface area contributed by atoms with E-state index in [2.05, 4.69) is 18.0 Å². The Hall–Kier alpha value is -1.04. The van der Waals surface area contributed by atoms with Crippen molar-refractivity contribution in [3.05, 3.63) is 38.0 Å². The van der Waals surface area contributed by atoms with Crippen LogP contribution in [0.15, 0.2) is 17.5 Å². The normalized spacial score (nSPS) is 12.6. The van der Waals surface area contributed by atoms with E-state index in [0.29, 0.717) is 12.1 Å². The summed E-state index contributed by atoms with van der Waals surface area (Å²) in [6.07, 6.45) is 1.46. The maximum atomic E-state index is 12.1. The number of carbonyl (C=O) groups is 1. The highest BCUT2D eigenvalue weighted by Gasteiger charge is 2.14. The number of thiazole rings is 1. The van der Waals surface area contributed by atoms with Gasteiger partial charge in [-0.3, -0.25) is 4.79 Å². The molecule has 0 spiro atoms. The first-order valence-electron chi connectivity index (χ1n) is 5.92. The van der Waals surface area contributed by atoms with Crippen molar-refractivity contribution in [1.29, 1.82) is 0 Å². The van der Waals surface area contributed by atoms with E-state index in [1.807, 2.05) is 13.0 Å². The van der Waals surface area contributed by atoms with Crippen LogP contribution in [0.3, 0.4) is 0 Å². The Bertz CT molecular complexity index is 543. The lowest BCUT2D eigenvalue weighted by Crippen LogP contribution is -2.07. The van der Waals surface area contributed by atoms with E-state index in [4.69, 9.17) is 5.73 Å². The second-order valence-corrected chi connectivity index (χ2v) is 6.32. The average molecular weight is 280 g/mol. The van der Waals surface area contributed by atoms with Gasteiger partial charge in [-0.25, -0.2) is 4.98 Å². The van der Waals surface area contributed by atoms with E-state index < -0.39 is 0 Å². The van der Waals surface area contributed by atoms with Gasteiger partial charge in [-0.2, -0.15) is 0 Å². The first-order valence-corrected chi connectivity index (χ1v) is 7.61. The molecule has 1 atom stereocenters. The van der Waals surface area contributed by atoms with Crippen molar-refractivity contribution < 1.29 is 4.79 Å². The molecular weight excluding hydrogens is 264 g/mol. The zero-order valence-electron chi connectivity index (χ0n) is 10.5. The first kappa shape index (κ1) is 13.4. The summed E-state index contributed by atoms with van der Waals surface area (Å²) in [5, 5.41) is 2.62. The van der Waals surface area contributed by atoms with Gasteiger partial charge in [0.15, 0.2) is 5.78 Å². The van der Waals surface area contributed by atoms with Crippen molar-refractivity contribution in [1.82, 2.24) is 4.98 Å². The lowest BCUT2D eigenvalue weighted by molar-refractivity contribution is 0.0989. The minimum absolute atomic E-state index is 0.0719. The molecule has 3 nitrogen and oxygen atoms in total. The highest BCUT2D eigenvalue weighted by Crippen LogP contribution is 2.21. The summed E-state index contributed by atoms with van der Waals surface area (Å²) in [5.41, 5.74) is 6.28. The molecule has 2 aromatic rings. The second kappa shape index (κ2) is 5.73. The van der Waals surface area contributed by atoms with E-state index in [0.717, 1.165) is 16.3 Å². The summed E-state index contributed by atoms with van der Waals surface area (Å²) >= 11 is 3.15. The van der Waals surface area contributed by atoms with Crippen LogP contribution in [0.25, 0.3) is 0 Å². The maximum Gasteiger partial charge on any atom is 0.187 e. The number of hydrogen-bond donors (Lipinski definition) is 1. The van der Waals surface area contributed by atoms with Gasteiger partial charge in [0.25, 0.3) is 0 Å². The molecule has 0 aliphatic heterocycles. The molecule has 0 fully saturated rings. The van der Waals surface area contributed by atoms with Crippen molar-refractivity contribution in [3.8, 4) is 0 Å². The summed E-state index contributed by atoms with van der Waals surface area (Å²) in [5.74, 6) is 0.0719. The molecule has 2 N–H and O–H groups in total. The predicted molar refractivity (Wildman–Crippen MR) is 76.4 cm³/mol. The third kappa shape index (κ3) is 3.04. The van der Waals surface area contributed by atoms with E-state index >= 15 is 0 Å². The number of rotatable bonds is 5. The molecule has 18 heavy (non-hydrogen) atoms. The number of thiophene rings is 1. The number of hydrogen-bond acceptors (Lipinski definition) is 5. The van der Waals surface area contributed by atoms with Crippen LogP contribution in [0.5, 0.6) is 0 Å². The molecule has 2 rings (SSSR count). The van der Waals surface area contributed by atoms with E-state index in [9.17, 15) is 4.79 Å². The number of aryl methyl sites for hydroxylation is 1. The molecule has 0 bridgehead atoms. The van der Waals surface area contributed by atoms with Gasteiger partial charge in [-0.1, -0.05) is 6.92 Å². The predicted octanol–water partition coefficient (Wildman–Crippen LogP) is 3.21. The van der Waals surface area contributed by atoms with E-state index in [-0.39, 0.29) is 11.8 Å². The third-order valence-corrected chi connectivity index (χ3v) is 4.87. The Balaban J connectivity index is 2.06. The molecule has 96 valence electrons. The molecule has 0 saturated heterocycles. The average Bonchev–Trinajstić information content (AvgIpc) is 2.97. The van der Waals surface area contributed by atoms with Gasteiger partial charge in [0.2, 0.25) is 0 Å². The molecule has 2 heterocycles. The zero-order chi connectivity index (χ0) is 13.1. The minimum Gasteiger partial charge on any atom is -0.322 e. The Kier molecular flexibility index (Phi) is 4.27. The molecule has 0 radical (unpaired) electrons. The summed E-state index contributed by atoms with van der Waals surface area (Å²) in [4.78, 5) is 18.8. The Morgan fingerprint density at radius 3 is 2.72 bits per heavy atom. The van der Waals surface area contributed by atoms with Gasteiger partial charge in [-0.15, -0.1) is 22.7 Å². The minimum atomic E-state index is -0.106. The van der Waals surface area contributed by atoms with Crippen LogP contribution in [0, 0.1) is 0 Å². The van der Waals surface area contributed by atoms with Crippen molar-refractivity contribution in [3.63, 3.8) is 0 Å². The third-order valence-electron chi connectivity index (χ3n) is 2.60. The Labute approximate surface area is 115 Å². The fourth-order valence-electron chi connectivity index (χ4n) is 1.58. The molecule has 0 aromatic carbocycles. The number of aromatic nitrogens is 1. The molecule has 0 aliphatic carbocycles. The summed E-state index contributed by atoms with van der Waals surface area (Å²) < 4.78 is 0. The largest absolute Gasteiger partial charge is 0.322 e. The van der Waals surface area contributed by atoms with Gasteiger partial charge in [0, 0.05) is 21.6 Å². The molecule has 0 saturated carbocycles. The van der Waals surface area contributed by atoms with Crippen molar-refractivity contribution in [2.24, 2.45) is 5.73 Å². The lowest BCUT2D eigenvalue weighted by atomic mass is 10.2. The Morgan fingerprint density at radius 1 is 1.44 bits per heavy atom. The molecule has 2 aromatic heterocycles. The molecule has 0 amide bonds. The smallest absolute Gasteiger partial charge is 0.187 e. The van der Waals surface area contributed by atoms with Crippen LogP contribution in [0.1, 0.15) is 45.1 Å². The first-order chi connectivity index (χ1) is 8.60. The van der Waals surface area contributed by atoms with Crippen LogP contribution in [-0.4, -0.2) is 10.8 Å². The summed E-state index contributed by atoms with van der Waals surface area (Å²) in [6.45, 7) is 3.99. The number of nitrogens with two attached hydrogens (primary N) is 1. The van der Waals surface area contributed by atoms with Crippen LogP contribution < -0.4 is 5.73 Å². The number of Topliss-reactive ketones (excluding diaryl/α,β-unsaturated/α-hetero) is 1. The van der Waals surface area contributed by atoms with Crippen molar-refractivity contribution in [2.45, 2.75) is 32.7 Å².